The van der Waals surface area contributed by atoms with E-state index >= 15 is 0 Å². The maximum atomic E-state index is 11.2. The van der Waals surface area contributed by atoms with Gasteiger partial charge in [0.2, 0.25) is 0 Å². The molecule has 5 heteroatoms. The molecule has 2 nitrogen and oxygen atoms in total. The van der Waals surface area contributed by atoms with Crippen molar-refractivity contribution in [3.05, 3.63) is 20.9 Å². The van der Waals surface area contributed by atoms with Crippen LogP contribution in [0.25, 0.3) is 0 Å². The first-order chi connectivity index (χ1) is 5.91. The third-order valence-corrected chi connectivity index (χ3v) is 3.50. The summed E-state index contributed by atoms with van der Waals surface area (Å²) >= 11 is 11.2. The van der Waals surface area contributed by atoms with Gasteiger partial charge in [0, 0.05) is 20.9 Å². The average Bonchev–Trinajstić information content (AvgIpc) is 2.02. The Morgan fingerprint density at radius 2 is 1.38 bits per heavy atom. The van der Waals surface area contributed by atoms with Crippen LogP contribution in [0.5, 0.6) is 0 Å². The molecule has 0 aromatic carbocycles. The summed E-state index contributed by atoms with van der Waals surface area (Å²) in [5.74, 6) is 0. The van der Waals surface area contributed by atoms with E-state index in [0.717, 1.165) is 10.8 Å². The SMILES string of the molecule is CCC(Cl)=CS(=O)(=O)C=C(Cl)CC. The van der Waals surface area contributed by atoms with Crippen molar-refractivity contribution in [3.63, 3.8) is 0 Å². The van der Waals surface area contributed by atoms with Crippen LogP contribution in [0.2, 0.25) is 0 Å². The molecule has 0 amide bonds. The smallest absolute Gasteiger partial charge is 0.195 e. The van der Waals surface area contributed by atoms with Crippen LogP contribution < -0.4 is 0 Å². The molecule has 13 heavy (non-hydrogen) atoms. The highest BCUT2D eigenvalue weighted by atomic mass is 35.5. The van der Waals surface area contributed by atoms with Gasteiger partial charge in [0.05, 0.1) is 0 Å². The van der Waals surface area contributed by atoms with Gasteiger partial charge in [-0.3, -0.25) is 0 Å². The van der Waals surface area contributed by atoms with Gasteiger partial charge in [0.1, 0.15) is 0 Å². The standard InChI is InChI=1S/C8H12Cl2O2S/c1-3-7(9)5-13(11,12)6-8(10)4-2/h5-6H,3-4H2,1-2H3. The van der Waals surface area contributed by atoms with Crippen molar-refractivity contribution in [1.29, 1.82) is 0 Å². The molecular formula is C8H12Cl2O2S. The van der Waals surface area contributed by atoms with Crippen molar-refractivity contribution in [1.82, 2.24) is 0 Å². The van der Waals surface area contributed by atoms with E-state index in [0.29, 0.717) is 22.9 Å². The second-order valence-electron chi connectivity index (χ2n) is 2.43. The zero-order valence-electron chi connectivity index (χ0n) is 7.55. The van der Waals surface area contributed by atoms with Gasteiger partial charge in [-0.25, -0.2) is 8.42 Å². The maximum absolute atomic E-state index is 11.2. The number of hydrogen-bond donors (Lipinski definition) is 0. The summed E-state index contributed by atoms with van der Waals surface area (Å²) in [7, 11) is -3.39. The minimum atomic E-state index is -3.39. The van der Waals surface area contributed by atoms with Crippen molar-refractivity contribution in [2.75, 3.05) is 0 Å². The van der Waals surface area contributed by atoms with Gasteiger partial charge < -0.3 is 0 Å². The van der Waals surface area contributed by atoms with Crippen LogP contribution >= 0.6 is 23.2 Å². The van der Waals surface area contributed by atoms with Crippen molar-refractivity contribution < 1.29 is 8.42 Å². The lowest BCUT2D eigenvalue weighted by Crippen LogP contribution is -1.90. The monoisotopic (exact) mass is 242 g/mol. The second kappa shape index (κ2) is 5.68. The molecule has 0 bridgehead atoms. The highest BCUT2D eigenvalue weighted by Crippen LogP contribution is 2.14. The van der Waals surface area contributed by atoms with Gasteiger partial charge >= 0.3 is 0 Å². The van der Waals surface area contributed by atoms with Crippen molar-refractivity contribution in [3.8, 4) is 0 Å². The summed E-state index contributed by atoms with van der Waals surface area (Å²) in [4.78, 5) is 0. The van der Waals surface area contributed by atoms with Gasteiger partial charge in [-0.1, -0.05) is 37.0 Å². The van der Waals surface area contributed by atoms with E-state index in [9.17, 15) is 8.42 Å². The molecule has 0 heterocycles. The van der Waals surface area contributed by atoms with Crippen molar-refractivity contribution in [2.45, 2.75) is 26.7 Å². The summed E-state index contributed by atoms with van der Waals surface area (Å²) in [6, 6.07) is 0. The summed E-state index contributed by atoms with van der Waals surface area (Å²) < 4.78 is 22.5. The van der Waals surface area contributed by atoms with Crippen LogP contribution in [-0.2, 0) is 9.84 Å². The largest absolute Gasteiger partial charge is 0.220 e. The Bertz CT molecular complexity index is 289. The molecule has 0 N–H and O–H groups in total. The van der Waals surface area contributed by atoms with Gasteiger partial charge in [-0.15, -0.1) is 0 Å². The minimum Gasteiger partial charge on any atom is -0.220 e. The normalized spacial score (nSPS) is 14.8. The molecule has 0 fully saturated rings. The van der Waals surface area contributed by atoms with Gasteiger partial charge in [0.25, 0.3) is 0 Å². The molecule has 0 radical (unpaired) electrons. The molecular weight excluding hydrogens is 231 g/mol. The molecule has 0 aliphatic carbocycles. The van der Waals surface area contributed by atoms with Crippen molar-refractivity contribution in [2.24, 2.45) is 0 Å². The lowest BCUT2D eigenvalue weighted by atomic mass is 10.5. The van der Waals surface area contributed by atoms with E-state index < -0.39 is 9.84 Å². The fraction of sp³-hybridized carbons (Fsp3) is 0.500. The number of halogens is 2. The molecule has 0 unspecified atom stereocenters. The number of rotatable bonds is 4. The van der Waals surface area contributed by atoms with Crippen LogP contribution in [0.15, 0.2) is 20.9 Å². The zero-order valence-corrected chi connectivity index (χ0v) is 9.88. The molecule has 0 aromatic rings. The molecule has 0 spiro atoms. The Morgan fingerprint density at radius 3 is 1.62 bits per heavy atom. The quantitative estimate of drug-likeness (QED) is 0.758. The third kappa shape index (κ3) is 6.13. The Morgan fingerprint density at radius 1 is 1.08 bits per heavy atom. The third-order valence-electron chi connectivity index (χ3n) is 1.26. The molecule has 0 aliphatic rings. The molecule has 0 aromatic heterocycles. The molecule has 76 valence electrons. The van der Waals surface area contributed by atoms with Crippen LogP contribution in [0.3, 0.4) is 0 Å². The first-order valence-corrected chi connectivity index (χ1v) is 6.25. The highest BCUT2D eigenvalue weighted by Gasteiger charge is 2.04. The predicted molar refractivity (Wildman–Crippen MR) is 57.4 cm³/mol. The Balaban J connectivity index is 4.81. The zero-order chi connectivity index (χ0) is 10.5. The fourth-order valence-corrected chi connectivity index (χ4v) is 2.42. The lowest BCUT2D eigenvalue weighted by Gasteiger charge is -1.94. The van der Waals surface area contributed by atoms with Crippen molar-refractivity contribution >= 4 is 33.0 Å². The minimum absolute atomic E-state index is 0.303. The number of allylic oxidation sites excluding steroid dienone is 2. The topological polar surface area (TPSA) is 34.1 Å². The van der Waals surface area contributed by atoms with Gasteiger partial charge in [-0.2, -0.15) is 0 Å². The Kier molecular flexibility index (Phi) is 5.68. The summed E-state index contributed by atoms with van der Waals surface area (Å²) in [6.45, 7) is 3.55. The van der Waals surface area contributed by atoms with E-state index in [1.165, 1.54) is 0 Å². The second-order valence-corrected chi connectivity index (χ2v) is 5.05. The number of sulfone groups is 1. The van der Waals surface area contributed by atoms with E-state index in [1.54, 1.807) is 13.8 Å². The van der Waals surface area contributed by atoms with Crippen LogP contribution in [0.4, 0.5) is 0 Å². The molecule has 0 atom stereocenters. The Labute approximate surface area is 89.1 Å². The summed E-state index contributed by atoms with van der Waals surface area (Å²) in [5, 5.41) is 2.65. The van der Waals surface area contributed by atoms with Crippen LogP contribution in [0.1, 0.15) is 26.7 Å². The summed E-state index contributed by atoms with van der Waals surface area (Å²) in [6.07, 6.45) is 0.997. The molecule has 0 rings (SSSR count). The Hall–Kier alpha value is 0.01000. The fourth-order valence-electron chi connectivity index (χ4n) is 0.557. The number of hydrogen-bond acceptors (Lipinski definition) is 2. The van der Waals surface area contributed by atoms with E-state index in [1.807, 2.05) is 0 Å². The van der Waals surface area contributed by atoms with Crippen LogP contribution in [0, 0.1) is 0 Å². The van der Waals surface area contributed by atoms with Gasteiger partial charge in [-0.05, 0) is 12.8 Å². The highest BCUT2D eigenvalue weighted by molar-refractivity contribution is 7.97. The molecule has 0 aliphatic heterocycles. The van der Waals surface area contributed by atoms with Crippen LogP contribution in [-0.4, -0.2) is 8.42 Å². The molecule has 0 saturated carbocycles. The average molecular weight is 243 g/mol. The summed E-state index contributed by atoms with van der Waals surface area (Å²) in [5.41, 5.74) is 0. The first-order valence-electron chi connectivity index (χ1n) is 3.88. The first kappa shape index (κ1) is 13.0. The molecule has 0 saturated heterocycles. The maximum Gasteiger partial charge on any atom is 0.195 e. The van der Waals surface area contributed by atoms with E-state index in [4.69, 9.17) is 23.2 Å². The lowest BCUT2D eigenvalue weighted by molar-refractivity contribution is 0.612. The van der Waals surface area contributed by atoms with E-state index in [2.05, 4.69) is 0 Å². The van der Waals surface area contributed by atoms with E-state index in [-0.39, 0.29) is 0 Å². The predicted octanol–water partition coefficient (Wildman–Crippen LogP) is 3.38. The van der Waals surface area contributed by atoms with Gasteiger partial charge in [0.15, 0.2) is 9.84 Å².